The number of benzene rings is 2. The lowest BCUT2D eigenvalue weighted by atomic mass is 10.2. The molecule has 0 unspecified atom stereocenters. The average Bonchev–Trinajstić information content (AvgIpc) is 2.48. The van der Waals surface area contributed by atoms with Crippen molar-refractivity contribution in [2.24, 2.45) is 0 Å². The maximum Gasteiger partial charge on any atom is 0.267 e. The van der Waals surface area contributed by atoms with Crippen molar-refractivity contribution >= 4 is 12.0 Å². The van der Waals surface area contributed by atoms with Gasteiger partial charge in [0.25, 0.3) is 5.91 Å². The summed E-state index contributed by atoms with van der Waals surface area (Å²) in [6, 6.07) is 12.7. The van der Waals surface area contributed by atoms with E-state index in [4.69, 9.17) is 9.94 Å². The van der Waals surface area contributed by atoms with Crippen LogP contribution in [0.15, 0.2) is 54.6 Å². The van der Waals surface area contributed by atoms with Crippen molar-refractivity contribution in [3.05, 3.63) is 66.0 Å². The topological polar surface area (TPSA) is 58.6 Å². The van der Waals surface area contributed by atoms with E-state index >= 15 is 0 Å². The molecule has 0 aliphatic heterocycles. The predicted molar refractivity (Wildman–Crippen MR) is 71.9 cm³/mol. The first-order chi connectivity index (χ1) is 9.69. The third-order valence-corrected chi connectivity index (χ3v) is 2.48. The quantitative estimate of drug-likeness (QED) is 0.511. The van der Waals surface area contributed by atoms with Crippen LogP contribution in [0.25, 0.3) is 6.08 Å². The Hall–Kier alpha value is -2.66. The predicted octanol–water partition coefficient (Wildman–Crippen LogP) is 3.14. The van der Waals surface area contributed by atoms with Crippen molar-refractivity contribution in [3.63, 3.8) is 0 Å². The van der Waals surface area contributed by atoms with Gasteiger partial charge in [0, 0.05) is 11.6 Å². The van der Waals surface area contributed by atoms with Crippen LogP contribution < -0.4 is 10.2 Å². The number of hydrogen-bond acceptors (Lipinski definition) is 3. The molecule has 20 heavy (non-hydrogen) atoms. The van der Waals surface area contributed by atoms with Gasteiger partial charge < -0.3 is 4.74 Å². The normalized spacial score (nSPS) is 10.5. The van der Waals surface area contributed by atoms with Gasteiger partial charge in [-0.1, -0.05) is 18.2 Å². The number of carbonyl (C=O) groups is 1. The van der Waals surface area contributed by atoms with Gasteiger partial charge in [0.1, 0.15) is 17.3 Å². The minimum atomic E-state index is -0.637. The van der Waals surface area contributed by atoms with Crippen LogP contribution in [-0.2, 0) is 4.79 Å². The summed E-state index contributed by atoms with van der Waals surface area (Å²) >= 11 is 0. The summed E-state index contributed by atoms with van der Waals surface area (Å²) in [5.41, 5.74) is 2.16. The number of nitrogens with one attached hydrogen (secondary N) is 1. The highest BCUT2D eigenvalue weighted by Crippen LogP contribution is 2.26. The summed E-state index contributed by atoms with van der Waals surface area (Å²) in [6.07, 6.45) is 2.68. The van der Waals surface area contributed by atoms with Crippen molar-refractivity contribution in [2.45, 2.75) is 0 Å². The minimum absolute atomic E-state index is 0.342. The fraction of sp³-hybridized carbons (Fsp3) is 0. The second-order valence-electron chi connectivity index (χ2n) is 3.90. The van der Waals surface area contributed by atoms with Gasteiger partial charge >= 0.3 is 0 Å². The second-order valence-corrected chi connectivity index (χ2v) is 3.90. The number of halogens is 1. The molecule has 2 N–H and O–H groups in total. The minimum Gasteiger partial charge on any atom is -0.457 e. The molecule has 1 amide bonds. The van der Waals surface area contributed by atoms with Gasteiger partial charge in [-0.15, -0.1) is 0 Å². The first kappa shape index (κ1) is 13.8. The second kappa shape index (κ2) is 6.49. The number of amides is 1. The molecule has 0 atom stereocenters. The molecule has 0 aliphatic rings. The van der Waals surface area contributed by atoms with Crippen LogP contribution in [0.2, 0.25) is 0 Å². The molecule has 0 aliphatic carbocycles. The molecular formula is C15H12FNO3. The van der Waals surface area contributed by atoms with E-state index in [1.54, 1.807) is 24.3 Å². The van der Waals surface area contributed by atoms with Crippen LogP contribution in [0.4, 0.5) is 4.39 Å². The molecule has 0 bridgehead atoms. The largest absolute Gasteiger partial charge is 0.457 e. The van der Waals surface area contributed by atoms with Crippen molar-refractivity contribution in [2.75, 3.05) is 0 Å². The maximum atomic E-state index is 12.8. The smallest absolute Gasteiger partial charge is 0.267 e. The zero-order valence-electron chi connectivity index (χ0n) is 10.4. The van der Waals surface area contributed by atoms with Crippen LogP contribution in [0.1, 0.15) is 5.56 Å². The number of rotatable bonds is 4. The number of hydrogen-bond donors (Lipinski definition) is 2. The van der Waals surface area contributed by atoms with Crippen LogP contribution in [0.5, 0.6) is 11.5 Å². The van der Waals surface area contributed by atoms with Crippen LogP contribution in [-0.4, -0.2) is 11.1 Å². The molecule has 102 valence electrons. The van der Waals surface area contributed by atoms with Crippen LogP contribution >= 0.6 is 0 Å². The number of para-hydroxylation sites is 1. The molecule has 0 spiro atoms. The molecule has 2 rings (SSSR count). The molecule has 0 radical (unpaired) electrons. The standard InChI is InChI=1S/C15H12FNO3/c16-12-6-8-13(9-7-12)20-14-4-2-1-3-11(14)5-10-15(18)17-19/h1-10,19H,(H,17,18). The lowest BCUT2D eigenvalue weighted by Gasteiger charge is -2.08. The van der Waals surface area contributed by atoms with Gasteiger partial charge in [-0.05, 0) is 36.4 Å². The Morgan fingerprint density at radius 1 is 1.15 bits per heavy atom. The monoisotopic (exact) mass is 273 g/mol. The van der Waals surface area contributed by atoms with Crippen molar-refractivity contribution in [3.8, 4) is 11.5 Å². The van der Waals surface area contributed by atoms with Gasteiger partial charge in [-0.25, -0.2) is 9.87 Å². The van der Waals surface area contributed by atoms with Crippen molar-refractivity contribution < 1.29 is 19.1 Å². The molecule has 2 aromatic rings. The van der Waals surface area contributed by atoms with Crippen LogP contribution in [0.3, 0.4) is 0 Å². The van der Waals surface area contributed by atoms with Gasteiger partial charge in [-0.2, -0.15) is 0 Å². The molecule has 0 saturated heterocycles. The van der Waals surface area contributed by atoms with E-state index in [9.17, 15) is 9.18 Å². The molecule has 0 heterocycles. The van der Waals surface area contributed by atoms with Crippen molar-refractivity contribution in [1.82, 2.24) is 5.48 Å². The molecule has 5 heteroatoms. The molecular weight excluding hydrogens is 261 g/mol. The summed E-state index contributed by atoms with van der Waals surface area (Å²) in [7, 11) is 0. The van der Waals surface area contributed by atoms with E-state index in [1.165, 1.54) is 41.9 Å². The fourth-order valence-electron chi connectivity index (χ4n) is 1.54. The first-order valence-corrected chi connectivity index (χ1v) is 5.83. The van der Waals surface area contributed by atoms with Gasteiger partial charge in [0.2, 0.25) is 0 Å². The summed E-state index contributed by atoms with van der Waals surface area (Å²) in [4.78, 5) is 11.0. The molecule has 4 nitrogen and oxygen atoms in total. The average molecular weight is 273 g/mol. The molecule has 0 aromatic heterocycles. The zero-order chi connectivity index (χ0) is 14.4. The van der Waals surface area contributed by atoms with Gasteiger partial charge in [0.15, 0.2) is 0 Å². The van der Waals surface area contributed by atoms with E-state index in [0.29, 0.717) is 17.1 Å². The van der Waals surface area contributed by atoms with Crippen molar-refractivity contribution in [1.29, 1.82) is 0 Å². The Morgan fingerprint density at radius 2 is 1.85 bits per heavy atom. The number of hydroxylamine groups is 1. The summed E-state index contributed by atoms with van der Waals surface area (Å²) in [5.74, 6) is 0.0201. The van der Waals surface area contributed by atoms with E-state index in [2.05, 4.69) is 0 Å². The molecule has 2 aromatic carbocycles. The third-order valence-electron chi connectivity index (χ3n) is 2.48. The molecule has 0 fully saturated rings. The number of ether oxygens (including phenoxy) is 1. The van der Waals surface area contributed by atoms with E-state index < -0.39 is 5.91 Å². The number of carbonyl (C=O) groups excluding carboxylic acids is 1. The highest BCUT2D eigenvalue weighted by molar-refractivity contribution is 5.91. The summed E-state index contributed by atoms with van der Waals surface area (Å²) in [5, 5.41) is 8.43. The Kier molecular flexibility index (Phi) is 4.47. The Balaban J connectivity index is 2.21. The third kappa shape index (κ3) is 3.66. The summed E-state index contributed by atoms with van der Waals surface area (Å²) in [6.45, 7) is 0. The van der Waals surface area contributed by atoms with E-state index in [1.807, 2.05) is 0 Å². The summed E-state index contributed by atoms with van der Waals surface area (Å²) < 4.78 is 18.4. The SMILES string of the molecule is O=C(C=Cc1ccccc1Oc1ccc(F)cc1)NO. The van der Waals surface area contributed by atoms with E-state index in [-0.39, 0.29) is 5.82 Å². The Bertz CT molecular complexity index is 623. The highest BCUT2D eigenvalue weighted by atomic mass is 19.1. The zero-order valence-corrected chi connectivity index (χ0v) is 10.4. The van der Waals surface area contributed by atoms with E-state index in [0.717, 1.165) is 0 Å². The lowest BCUT2D eigenvalue weighted by Crippen LogP contribution is -2.14. The van der Waals surface area contributed by atoms with Crippen LogP contribution in [0, 0.1) is 5.82 Å². The Morgan fingerprint density at radius 3 is 2.55 bits per heavy atom. The Labute approximate surface area is 115 Å². The fourth-order valence-corrected chi connectivity index (χ4v) is 1.54. The van der Waals surface area contributed by atoms with Gasteiger partial charge in [0.05, 0.1) is 0 Å². The van der Waals surface area contributed by atoms with Gasteiger partial charge in [-0.3, -0.25) is 10.0 Å². The highest BCUT2D eigenvalue weighted by Gasteiger charge is 2.02. The first-order valence-electron chi connectivity index (χ1n) is 5.83. The lowest BCUT2D eigenvalue weighted by molar-refractivity contribution is -0.124. The molecule has 0 saturated carbocycles. The maximum absolute atomic E-state index is 12.8.